The molecule has 0 spiro atoms. The molecule has 3 rings (SSSR count). The van der Waals surface area contributed by atoms with E-state index in [4.69, 9.17) is 15.2 Å². The molecule has 0 bridgehead atoms. The quantitative estimate of drug-likeness (QED) is 0.876. The summed E-state index contributed by atoms with van der Waals surface area (Å²) in [4.78, 5) is 0.267. The number of benzene rings is 1. The Morgan fingerprint density at radius 1 is 1.24 bits per heavy atom. The predicted octanol–water partition coefficient (Wildman–Crippen LogP) is 1.11. The summed E-state index contributed by atoms with van der Waals surface area (Å²) in [6, 6.07) is 3.13. The third-order valence-corrected chi connectivity index (χ3v) is 5.90. The van der Waals surface area contributed by atoms with Gasteiger partial charge in [-0.15, -0.1) is 12.4 Å². The van der Waals surface area contributed by atoms with Crippen molar-refractivity contribution in [2.45, 2.75) is 24.8 Å². The molecule has 1 aromatic carbocycles. The maximum Gasteiger partial charge on any atom is 0.243 e. The van der Waals surface area contributed by atoms with Gasteiger partial charge in [-0.1, -0.05) is 6.92 Å². The highest BCUT2D eigenvalue weighted by molar-refractivity contribution is 7.89. The van der Waals surface area contributed by atoms with Gasteiger partial charge in [0.2, 0.25) is 16.8 Å². The van der Waals surface area contributed by atoms with Gasteiger partial charge in [-0.05, 0) is 24.5 Å². The van der Waals surface area contributed by atoms with E-state index in [-0.39, 0.29) is 36.1 Å². The van der Waals surface area contributed by atoms with Crippen LogP contribution in [0.3, 0.4) is 0 Å². The fourth-order valence-corrected chi connectivity index (χ4v) is 4.38. The van der Waals surface area contributed by atoms with E-state index in [1.54, 1.807) is 19.1 Å². The van der Waals surface area contributed by atoms with Crippen molar-refractivity contribution in [2.24, 2.45) is 11.7 Å². The Balaban J connectivity index is 0.00000161. The first-order valence-electron chi connectivity index (χ1n) is 6.55. The van der Waals surface area contributed by atoms with Crippen molar-refractivity contribution in [1.29, 1.82) is 0 Å². The van der Waals surface area contributed by atoms with Gasteiger partial charge in [-0.25, -0.2) is 8.42 Å². The van der Waals surface area contributed by atoms with E-state index in [9.17, 15) is 8.42 Å². The Morgan fingerprint density at radius 3 is 2.43 bits per heavy atom. The molecule has 6 nitrogen and oxygen atoms in total. The smallest absolute Gasteiger partial charge is 0.243 e. The molecule has 2 N–H and O–H groups in total. The van der Waals surface area contributed by atoms with Crippen LogP contribution in [-0.4, -0.2) is 38.6 Å². The van der Waals surface area contributed by atoms with Crippen LogP contribution < -0.4 is 15.2 Å². The van der Waals surface area contributed by atoms with Gasteiger partial charge in [0.25, 0.3) is 0 Å². The minimum atomic E-state index is -3.54. The van der Waals surface area contributed by atoms with Crippen LogP contribution in [0.25, 0.3) is 0 Å². The summed E-state index contributed by atoms with van der Waals surface area (Å²) in [7, 11) is -3.54. The Labute approximate surface area is 130 Å². The van der Waals surface area contributed by atoms with Crippen LogP contribution in [0.1, 0.15) is 12.5 Å². The molecule has 0 aliphatic carbocycles. The van der Waals surface area contributed by atoms with Crippen molar-refractivity contribution in [1.82, 2.24) is 4.31 Å². The van der Waals surface area contributed by atoms with Gasteiger partial charge in [0, 0.05) is 25.2 Å². The zero-order valence-electron chi connectivity index (χ0n) is 11.9. The molecular weight excluding hydrogens is 316 g/mol. The first kappa shape index (κ1) is 16.4. The third-order valence-electron chi connectivity index (χ3n) is 3.92. The molecule has 1 fully saturated rings. The SMILES string of the molecule is Cc1cc2c(cc1S(=O)(=O)N1CC(C)C(N)C1)OCO2.Cl. The Morgan fingerprint density at radius 2 is 1.86 bits per heavy atom. The van der Waals surface area contributed by atoms with Gasteiger partial charge in [0.05, 0.1) is 4.90 Å². The fourth-order valence-electron chi connectivity index (χ4n) is 2.58. The van der Waals surface area contributed by atoms with Crippen LogP contribution >= 0.6 is 12.4 Å². The minimum Gasteiger partial charge on any atom is -0.454 e. The average molecular weight is 335 g/mol. The molecule has 2 aliphatic heterocycles. The first-order valence-corrected chi connectivity index (χ1v) is 7.99. The summed E-state index contributed by atoms with van der Waals surface area (Å²) in [5.41, 5.74) is 6.58. The van der Waals surface area contributed by atoms with Gasteiger partial charge in [-0.3, -0.25) is 0 Å². The lowest BCUT2D eigenvalue weighted by molar-refractivity contribution is 0.174. The zero-order chi connectivity index (χ0) is 14.5. The molecular formula is C13H19ClN2O4S. The second kappa shape index (κ2) is 5.64. The number of nitrogens with two attached hydrogens (primary N) is 1. The van der Waals surface area contributed by atoms with Crippen molar-refractivity contribution in [2.75, 3.05) is 19.9 Å². The number of hydrogen-bond donors (Lipinski definition) is 1. The maximum atomic E-state index is 12.7. The highest BCUT2D eigenvalue weighted by atomic mass is 35.5. The van der Waals surface area contributed by atoms with E-state index in [0.717, 1.165) is 0 Å². The molecule has 0 saturated carbocycles. The maximum absolute atomic E-state index is 12.7. The largest absolute Gasteiger partial charge is 0.454 e. The molecule has 118 valence electrons. The summed E-state index contributed by atoms with van der Waals surface area (Å²) < 4.78 is 37.4. The summed E-state index contributed by atoms with van der Waals surface area (Å²) in [6.07, 6.45) is 0. The third kappa shape index (κ3) is 2.70. The molecule has 2 atom stereocenters. The number of rotatable bonds is 2. The molecule has 1 saturated heterocycles. The second-order valence-corrected chi connectivity index (χ2v) is 7.34. The van der Waals surface area contributed by atoms with Gasteiger partial charge in [0.15, 0.2) is 11.5 Å². The van der Waals surface area contributed by atoms with Crippen molar-refractivity contribution >= 4 is 22.4 Å². The molecule has 2 aliphatic rings. The van der Waals surface area contributed by atoms with Crippen molar-refractivity contribution in [3.05, 3.63) is 17.7 Å². The van der Waals surface area contributed by atoms with Crippen LogP contribution in [0, 0.1) is 12.8 Å². The fraction of sp³-hybridized carbons (Fsp3) is 0.538. The van der Waals surface area contributed by atoms with E-state index in [0.29, 0.717) is 30.2 Å². The average Bonchev–Trinajstić information content (AvgIpc) is 2.95. The van der Waals surface area contributed by atoms with E-state index in [2.05, 4.69) is 0 Å². The topological polar surface area (TPSA) is 81.9 Å². The second-order valence-electron chi connectivity index (χ2n) is 5.43. The van der Waals surface area contributed by atoms with E-state index in [1.165, 1.54) is 4.31 Å². The van der Waals surface area contributed by atoms with Gasteiger partial charge in [-0.2, -0.15) is 4.31 Å². The lowest BCUT2D eigenvalue weighted by Crippen LogP contribution is -2.32. The number of fused-ring (bicyclic) bond motifs is 1. The molecule has 0 radical (unpaired) electrons. The van der Waals surface area contributed by atoms with Crippen LogP contribution in [-0.2, 0) is 10.0 Å². The lowest BCUT2D eigenvalue weighted by Gasteiger charge is -2.18. The van der Waals surface area contributed by atoms with Crippen molar-refractivity contribution in [3.8, 4) is 11.5 Å². The van der Waals surface area contributed by atoms with Crippen LogP contribution in [0.2, 0.25) is 0 Å². The molecule has 2 heterocycles. The number of ether oxygens (including phenoxy) is 2. The monoisotopic (exact) mass is 334 g/mol. The molecule has 21 heavy (non-hydrogen) atoms. The predicted molar refractivity (Wildman–Crippen MR) is 80.4 cm³/mol. The Hall–Kier alpha value is -1.02. The van der Waals surface area contributed by atoms with Gasteiger partial charge < -0.3 is 15.2 Å². The zero-order valence-corrected chi connectivity index (χ0v) is 13.5. The summed E-state index contributed by atoms with van der Waals surface area (Å²) >= 11 is 0. The minimum absolute atomic E-state index is 0. The van der Waals surface area contributed by atoms with Crippen LogP contribution in [0.15, 0.2) is 17.0 Å². The molecule has 1 aromatic rings. The number of halogens is 1. The first-order chi connectivity index (χ1) is 9.39. The highest BCUT2D eigenvalue weighted by Gasteiger charge is 2.36. The highest BCUT2D eigenvalue weighted by Crippen LogP contribution is 2.37. The normalized spacial score (nSPS) is 24.9. The Kier molecular flexibility index (Phi) is 4.39. The van der Waals surface area contributed by atoms with E-state index < -0.39 is 10.0 Å². The number of nitrogens with zero attached hydrogens (tertiary/aromatic N) is 1. The van der Waals surface area contributed by atoms with Gasteiger partial charge >= 0.3 is 0 Å². The molecule has 8 heteroatoms. The van der Waals surface area contributed by atoms with E-state index in [1.807, 2.05) is 6.92 Å². The van der Waals surface area contributed by atoms with Crippen LogP contribution in [0.5, 0.6) is 11.5 Å². The molecule has 2 unspecified atom stereocenters. The number of hydrogen-bond acceptors (Lipinski definition) is 5. The van der Waals surface area contributed by atoms with Gasteiger partial charge in [0.1, 0.15) is 0 Å². The summed E-state index contributed by atoms with van der Waals surface area (Å²) in [5.74, 6) is 1.23. The van der Waals surface area contributed by atoms with E-state index >= 15 is 0 Å². The summed E-state index contributed by atoms with van der Waals surface area (Å²) in [6.45, 7) is 4.67. The lowest BCUT2D eigenvalue weighted by atomic mass is 10.1. The van der Waals surface area contributed by atoms with Crippen LogP contribution in [0.4, 0.5) is 0 Å². The summed E-state index contributed by atoms with van der Waals surface area (Å²) in [5, 5.41) is 0. The van der Waals surface area contributed by atoms with Crippen molar-refractivity contribution in [3.63, 3.8) is 0 Å². The number of aryl methyl sites for hydroxylation is 1. The molecule has 0 amide bonds. The Bertz CT molecular complexity index is 640. The number of sulfonamides is 1. The standard InChI is InChI=1S/C13H18N2O4S.ClH/c1-8-3-11-12(19-7-18-11)4-13(8)20(16,17)15-5-9(2)10(14)6-15;/h3-4,9-10H,5-7,14H2,1-2H3;1H. The molecule has 0 aromatic heterocycles. The van der Waals surface area contributed by atoms with Crippen molar-refractivity contribution < 1.29 is 17.9 Å².